The average molecular weight is 342 g/mol. The number of carbonyl (C=O) groups is 1. The van der Waals surface area contributed by atoms with Crippen molar-refractivity contribution in [3.05, 3.63) is 58.9 Å². The maximum absolute atomic E-state index is 12.0. The van der Waals surface area contributed by atoms with E-state index in [4.69, 9.17) is 0 Å². The number of urea groups is 1. The number of aromatic amines is 1. The van der Waals surface area contributed by atoms with Gasteiger partial charge < -0.3 is 15.7 Å². The Hall–Kier alpha value is -2.64. The van der Waals surface area contributed by atoms with Crippen molar-refractivity contribution in [2.24, 2.45) is 0 Å². The molecule has 3 rings (SSSR count). The Balaban J connectivity index is 1.55. The van der Waals surface area contributed by atoms with Crippen LogP contribution in [0.25, 0.3) is 11.3 Å². The summed E-state index contributed by atoms with van der Waals surface area (Å²) in [6.07, 6.45) is 1.69. The fourth-order valence-electron chi connectivity index (χ4n) is 2.25. The summed E-state index contributed by atoms with van der Waals surface area (Å²) < 4.78 is 0. The fourth-order valence-corrected chi connectivity index (χ4v) is 3.04. The molecule has 0 saturated carbocycles. The monoisotopic (exact) mass is 342 g/mol. The standard InChI is InChI=1S/C17H18N4O2S/c1-17(23,15-3-2-10-24-15)11-18-16(22)20-13-6-4-12(5-7-13)14-8-9-19-21-14/h2-10,23H,11H2,1H3,(H,19,21)(H2,18,20,22). The normalized spacial score (nSPS) is 13.2. The lowest BCUT2D eigenvalue weighted by Gasteiger charge is -2.22. The Labute approximate surface area is 143 Å². The van der Waals surface area contributed by atoms with Crippen LogP contribution in [0.4, 0.5) is 10.5 Å². The Kier molecular flexibility index (Phi) is 4.64. The van der Waals surface area contributed by atoms with E-state index in [-0.39, 0.29) is 12.6 Å². The topological polar surface area (TPSA) is 90.0 Å². The molecule has 3 aromatic rings. The summed E-state index contributed by atoms with van der Waals surface area (Å²) in [5.41, 5.74) is 1.49. The van der Waals surface area contributed by atoms with Crippen molar-refractivity contribution in [1.82, 2.24) is 15.5 Å². The van der Waals surface area contributed by atoms with E-state index in [1.807, 2.05) is 47.8 Å². The van der Waals surface area contributed by atoms with Crippen LogP contribution in [0.5, 0.6) is 0 Å². The van der Waals surface area contributed by atoms with Crippen LogP contribution in [0.15, 0.2) is 54.0 Å². The average Bonchev–Trinajstić information content (AvgIpc) is 3.27. The number of carbonyl (C=O) groups excluding carboxylic acids is 1. The van der Waals surface area contributed by atoms with Crippen molar-refractivity contribution in [1.29, 1.82) is 0 Å². The van der Waals surface area contributed by atoms with E-state index in [1.165, 1.54) is 11.3 Å². The third-order valence-electron chi connectivity index (χ3n) is 3.60. The van der Waals surface area contributed by atoms with E-state index in [1.54, 1.807) is 13.1 Å². The highest BCUT2D eigenvalue weighted by Gasteiger charge is 2.24. The molecule has 1 aromatic carbocycles. The number of hydrogen-bond donors (Lipinski definition) is 4. The largest absolute Gasteiger partial charge is 0.383 e. The quantitative estimate of drug-likeness (QED) is 0.574. The molecule has 0 bridgehead atoms. The van der Waals surface area contributed by atoms with Gasteiger partial charge in [0.05, 0.1) is 12.2 Å². The minimum Gasteiger partial charge on any atom is -0.383 e. The lowest BCUT2D eigenvalue weighted by Crippen LogP contribution is -2.40. The van der Waals surface area contributed by atoms with E-state index >= 15 is 0 Å². The van der Waals surface area contributed by atoms with Crippen molar-refractivity contribution in [2.45, 2.75) is 12.5 Å². The molecule has 0 radical (unpaired) electrons. The smallest absolute Gasteiger partial charge is 0.319 e. The van der Waals surface area contributed by atoms with E-state index in [2.05, 4.69) is 20.8 Å². The Bertz CT molecular complexity index is 781. The molecule has 0 fully saturated rings. The highest BCUT2D eigenvalue weighted by atomic mass is 32.1. The van der Waals surface area contributed by atoms with E-state index in [0.29, 0.717) is 5.69 Å². The lowest BCUT2D eigenvalue weighted by molar-refractivity contribution is 0.0637. The van der Waals surface area contributed by atoms with Crippen LogP contribution in [0.3, 0.4) is 0 Å². The highest BCUT2D eigenvalue weighted by molar-refractivity contribution is 7.10. The molecular formula is C17H18N4O2S. The van der Waals surface area contributed by atoms with Crippen LogP contribution in [-0.2, 0) is 5.60 Å². The second kappa shape index (κ2) is 6.86. The summed E-state index contributed by atoms with van der Waals surface area (Å²) >= 11 is 1.46. The first-order valence-electron chi connectivity index (χ1n) is 7.46. The molecule has 1 atom stereocenters. The highest BCUT2D eigenvalue weighted by Crippen LogP contribution is 2.24. The number of rotatable bonds is 5. The van der Waals surface area contributed by atoms with Gasteiger partial charge in [0, 0.05) is 16.8 Å². The maximum atomic E-state index is 12.0. The number of thiophene rings is 1. The fraction of sp³-hybridized carbons (Fsp3) is 0.176. The number of aromatic nitrogens is 2. The molecule has 1 unspecified atom stereocenters. The van der Waals surface area contributed by atoms with Gasteiger partial charge in [-0.25, -0.2) is 4.79 Å². The van der Waals surface area contributed by atoms with Crippen LogP contribution in [0, 0.1) is 0 Å². The van der Waals surface area contributed by atoms with Gasteiger partial charge in [-0.1, -0.05) is 18.2 Å². The number of nitrogens with zero attached hydrogens (tertiary/aromatic N) is 1. The van der Waals surface area contributed by atoms with Crippen molar-refractivity contribution in [3.8, 4) is 11.3 Å². The van der Waals surface area contributed by atoms with Crippen molar-refractivity contribution in [3.63, 3.8) is 0 Å². The van der Waals surface area contributed by atoms with Gasteiger partial charge in [0.15, 0.2) is 0 Å². The van der Waals surface area contributed by atoms with Crippen molar-refractivity contribution in [2.75, 3.05) is 11.9 Å². The van der Waals surface area contributed by atoms with Gasteiger partial charge in [-0.2, -0.15) is 5.10 Å². The lowest BCUT2D eigenvalue weighted by atomic mass is 10.1. The van der Waals surface area contributed by atoms with Gasteiger partial charge in [-0.05, 0) is 42.1 Å². The van der Waals surface area contributed by atoms with E-state index in [0.717, 1.165) is 16.1 Å². The number of aliphatic hydroxyl groups is 1. The molecule has 124 valence electrons. The number of H-pyrrole nitrogens is 1. The molecule has 2 aromatic heterocycles. The van der Waals surface area contributed by atoms with Crippen LogP contribution >= 0.6 is 11.3 Å². The molecule has 7 heteroatoms. The summed E-state index contributed by atoms with van der Waals surface area (Å²) in [6.45, 7) is 1.81. The zero-order chi connectivity index (χ0) is 17.0. The molecule has 0 aliphatic rings. The first kappa shape index (κ1) is 16.2. The van der Waals surface area contributed by atoms with Crippen LogP contribution in [0.1, 0.15) is 11.8 Å². The van der Waals surface area contributed by atoms with Gasteiger partial charge >= 0.3 is 6.03 Å². The molecule has 2 heterocycles. The second-order valence-corrected chi connectivity index (χ2v) is 6.55. The predicted octanol–water partition coefficient (Wildman–Crippen LogP) is 3.17. The summed E-state index contributed by atoms with van der Waals surface area (Å²) in [7, 11) is 0. The zero-order valence-electron chi connectivity index (χ0n) is 13.1. The minimum atomic E-state index is -1.09. The third-order valence-corrected chi connectivity index (χ3v) is 4.72. The van der Waals surface area contributed by atoms with Gasteiger partial charge in [0.25, 0.3) is 0 Å². The Morgan fingerprint density at radius 2 is 2.08 bits per heavy atom. The SMILES string of the molecule is CC(O)(CNC(=O)Nc1ccc(-c2ccn[nH]2)cc1)c1cccs1. The summed E-state index contributed by atoms with van der Waals surface area (Å²) in [6, 6.07) is 12.6. The van der Waals surface area contributed by atoms with Gasteiger partial charge in [0.1, 0.15) is 5.60 Å². The first-order valence-corrected chi connectivity index (χ1v) is 8.33. The van der Waals surface area contributed by atoms with Crippen molar-refractivity contribution >= 4 is 23.1 Å². The molecule has 24 heavy (non-hydrogen) atoms. The molecule has 0 aliphatic heterocycles. The number of amides is 2. The third kappa shape index (κ3) is 3.81. The minimum absolute atomic E-state index is 0.131. The number of hydrogen-bond acceptors (Lipinski definition) is 4. The van der Waals surface area contributed by atoms with Gasteiger partial charge in [-0.15, -0.1) is 11.3 Å². The van der Waals surface area contributed by atoms with Crippen LogP contribution in [-0.4, -0.2) is 27.9 Å². The van der Waals surface area contributed by atoms with Crippen LogP contribution < -0.4 is 10.6 Å². The first-order chi connectivity index (χ1) is 11.5. The number of anilines is 1. The Morgan fingerprint density at radius 1 is 1.29 bits per heavy atom. The predicted molar refractivity (Wildman–Crippen MR) is 94.9 cm³/mol. The zero-order valence-corrected chi connectivity index (χ0v) is 13.9. The number of benzene rings is 1. The van der Waals surface area contributed by atoms with E-state index in [9.17, 15) is 9.90 Å². The van der Waals surface area contributed by atoms with Crippen LogP contribution in [0.2, 0.25) is 0 Å². The number of nitrogens with one attached hydrogen (secondary N) is 3. The molecule has 4 N–H and O–H groups in total. The molecule has 0 spiro atoms. The summed E-state index contributed by atoms with van der Waals surface area (Å²) in [5.74, 6) is 0. The van der Waals surface area contributed by atoms with Crippen molar-refractivity contribution < 1.29 is 9.90 Å². The van der Waals surface area contributed by atoms with Gasteiger partial charge in [-0.3, -0.25) is 5.10 Å². The second-order valence-electron chi connectivity index (χ2n) is 5.61. The summed E-state index contributed by atoms with van der Waals surface area (Å²) in [5, 5.41) is 24.5. The summed E-state index contributed by atoms with van der Waals surface area (Å²) in [4.78, 5) is 12.8. The molecule has 0 saturated heterocycles. The molecule has 0 aliphatic carbocycles. The molecule has 6 nitrogen and oxygen atoms in total. The Morgan fingerprint density at radius 3 is 2.71 bits per heavy atom. The van der Waals surface area contributed by atoms with E-state index < -0.39 is 5.60 Å². The maximum Gasteiger partial charge on any atom is 0.319 e. The molecular weight excluding hydrogens is 324 g/mol. The molecule has 2 amide bonds. The van der Waals surface area contributed by atoms with Gasteiger partial charge in [0.2, 0.25) is 0 Å².